The number of ketones is 1. The first-order valence-corrected chi connectivity index (χ1v) is 11.3. The van der Waals surface area contributed by atoms with Crippen molar-refractivity contribution in [3.8, 4) is 0 Å². The van der Waals surface area contributed by atoms with Gasteiger partial charge < -0.3 is 0 Å². The number of hydrogen-bond donors (Lipinski definition) is 2. The molecule has 0 unspecified atom stereocenters. The zero-order chi connectivity index (χ0) is 16.9. The molecule has 0 saturated carbocycles. The van der Waals surface area contributed by atoms with Crippen LogP contribution in [0.25, 0.3) is 0 Å². The maximum atomic E-state index is 9.88. The summed E-state index contributed by atoms with van der Waals surface area (Å²) in [6.45, 7) is 3.46. The molecule has 9 heteroatoms. The zero-order valence-electron chi connectivity index (χ0n) is 12.0. The molecule has 0 aromatic heterocycles. The van der Waals surface area contributed by atoms with E-state index < -0.39 is 4.84 Å². The van der Waals surface area contributed by atoms with Crippen molar-refractivity contribution in [2.24, 2.45) is 0 Å². The Bertz CT molecular complexity index is 260. The Morgan fingerprint density at radius 2 is 1.50 bits per heavy atom. The molecule has 1 rings (SSSR count). The number of Topliss-reactive ketones (excluding diaryl/α,β-unsaturated/α-hetero) is 1. The lowest BCUT2D eigenvalue weighted by molar-refractivity contribution is -0.115. The van der Waals surface area contributed by atoms with Crippen LogP contribution in [0.4, 0.5) is 0 Å². The maximum absolute atomic E-state index is 9.88. The van der Waals surface area contributed by atoms with Gasteiger partial charge in [-0.3, -0.25) is 4.79 Å². The third-order valence-corrected chi connectivity index (χ3v) is 8.03. The average molecular weight is 468 g/mol. The molecule has 1 heterocycles. The number of thioether (sulfide) groups is 2. The quantitative estimate of drug-likeness (QED) is 0.357. The monoisotopic (exact) mass is 466 g/mol. The normalized spacial score (nSPS) is 15.9. The van der Waals surface area contributed by atoms with E-state index >= 15 is 0 Å². The molecule has 0 amide bonds. The summed E-state index contributed by atoms with van der Waals surface area (Å²) < 4.78 is 0.0430. The van der Waals surface area contributed by atoms with Gasteiger partial charge in [0.05, 0.1) is 4.08 Å². The highest BCUT2D eigenvalue weighted by atomic mass is 35.5. The number of carbonyl (C=O) groups excluding carboxylic acids is 1. The van der Waals surface area contributed by atoms with E-state index in [0.29, 0.717) is 0 Å². The Morgan fingerprint density at radius 3 is 1.64 bits per heavy atom. The summed E-state index contributed by atoms with van der Waals surface area (Å²) in [6, 6.07) is 0. The highest BCUT2D eigenvalue weighted by Gasteiger charge is 2.34. The largest absolute Gasteiger partial charge is 0.297 e. The van der Waals surface area contributed by atoms with Gasteiger partial charge in [0.2, 0.25) is 0 Å². The minimum Gasteiger partial charge on any atom is -0.297 e. The molecule has 0 radical (unpaired) electrons. The van der Waals surface area contributed by atoms with E-state index in [9.17, 15) is 4.79 Å². The number of carbonyl (C=O) groups is 1. The number of halogens is 4. The molecule has 0 atom stereocenters. The molecule has 0 aromatic rings. The van der Waals surface area contributed by atoms with Crippen molar-refractivity contribution in [1.82, 2.24) is 0 Å². The minimum absolute atomic E-state index is 0. The van der Waals surface area contributed by atoms with Crippen molar-refractivity contribution in [2.75, 3.05) is 23.0 Å². The molecule has 0 spiro atoms. The highest BCUT2D eigenvalue weighted by molar-refractivity contribution is 8.19. The summed E-state index contributed by atoms with van der Waals surface area (Å²) in [5, 5.41) is 0. The molecule has 22 heavy (non-hydrogen) atoms. The number of rotatable bonds is 4. The Labute approximate surface area is 175 Å². The van der Waals surface area contributed by atoms with Gasteiger partial charge in [0.15, 0.2) is 10.6 Å². The number of hydrogen-bond acceptors (Lipinski definition) is 5. The van der Waals surface area contributed by atoms with Crippen molar-refractivity contribution in [2.45, 2.75) is 47.9 Å². The second-order valence-corrected chi connectivity index (χ2v) is 10.5. The smallest absolute Gasteiger partial charge is 0.165 e. The number of thiol groups is 2. The Balaban J connectivity index is -0.000000262. The van der Waals surface area contributed by atoms with E-state index in [1.165, 1.54) is 24.9 Å². The van der Waals surface area contributed by atoms with Crippen LogP contribution in [0.2, 0.25) is 0 Å². The highest BCUT2D eigenvalue weighted by Crippen LogP contribution is 2.47. The van der Waals surface area contributed by atoms with Gasteiger partial charge in [-0.1, -0.05) is 30.6 Å². The second-order valence-electron chi connectivity index (χ2n) is 4.08. The molecule has 1 fully saturated rings. The molecule has 1 nitrogen and oxygen atoms in total. The van der Waals surface area contributed by atoms with Crippen LogP contribution in [0.15, 0.2) is 0 Å². The first kappa shape index (κ1) is 29.0. The SMILES string of the molecule is C.CC(=O)C(Cl)Cl.CC1(C(Cl)Cl)SCCCS1.SCCCS. The lowest BCUT2D eigenvalue weighted by atomic mass is 10.5. The molecule has 1 aliphatic heterocycles. The van der Waals surface area contributed by atoms with Crippen LogP contribution in [-0.2, 0) is 4.79 Å². The average Bonchev–Trinajstić information content (AvgIpc) is 2.41. The number of alkyl halides is 4. The van der Waals surface area contributed by atoms with Crippen LogP contribution in [0, 0.1) is 0 Å². The van der Waals surface area contributed by atoms with Crippen LogP contribution in [0.3, 0.4) is 0 Å². The summed E-state index contributed by atoms with van der Waals surface area (Å²) in [4.78, 5) is 8.79. The van der Waals surface area contributed by atoms with Crippen molar-refractivity contribution < 1.29 is 4.79 Å². The van der Waals surface area contributed by atoms with Crippen LogP contribution in [-0.4, -0.2) is 42.5 Å². The van der Waals surface area contributed by atoms with Crippen molar-refractivity contribution in [3.05, 3.63) is 0 Å². The van der Waals surface area contributed by atoms with Crippen molar-refractivity contribution >= 4 is 101 Å². The molecule has 0 aliphatic carbocycles. The van der Waals surface area contributed by atoms with Crippen LogP contribution in [0.5, 0.6) is 0 Å². The molecule has 1 aliphatic rings. The topological polar surface area (TPSA) is 17.1 Å². The maximum Gasteiger partial charge on any atom is 0.165 e. The molecular weight excluding hydrogens is 442 g/mol. The Kier molecular flexibility index (Phi) is 23.8. The fourth-order valence-corrected chi connectivity index (χ4v) is 4.82. The molecule has 1 saturated heterocycles. The van der Waals surface area contributed by atoms with Gasteiger partial charge in [0.25, 0.3) is 0 Å². The second kappa shape index (κ2) is 18.0. The van der Waals surface area contributed by atoms with E-state index in [1.807, 2.05) is 23.5 Å². The predicted molar refractivity (Wildman–Crippen MR) is 119 cm³/mol. The van der Waals surface area contributed by atoms with Crippen LogP contribution < -0.4 is 0 Å². The summed E-state index contributed by atoms with van der Waals surface area (Å²) >= 11 is 33.3. The lowest BCUT2D eigenvalue weighted by Gasteiger charge is -2.33. The van der Waals surface area contributed by atoms with Gasteiger partial charge in [-0.15, -0.1) is 46.7 Å². The summed E-state index contributed by atoms with van der Waals surface area (Å²) in [5.41, 5.74) is 0. The van der Waals surface area contributed by atoms with E-state index in [2.05, 4.69) is 32.2 Å². The molecular formula is C13H26Cl4OS4. The fraction of sp³-hybridized carbons (Fsp3) is 0.923. The third-order valence-electron chi connectivity index (χ3n) is 2.09. The Morgan fingerprint density at radius 1 is 1.14 bits per heavy atom. The van der Waals surface area contributed by atoms with Gasteiger partial charge in [-0.05, 0) is 49.7 Å². The van der Waals surface area contributed by atoms with E-state index in [-0.39, 0.29) is 22.1 Å². The fourth-order valence-electron chi connectivity index (χ4n) is 0.847. The van der Waals surface area contributed by atoms with Crippen molar-refractivity contribution in [3.63, 3.8) is 0 Å². The minimum atomic E-state index is -0.843. The van der Waals surface area contributed by atoms with Crippen LogP contribution in [0.1, 0.15) is 34.1 Å². The first-order valence-electron chi connectivity index (χ1n) is 6.27. The van der Waals surface area contributed by atoms with E-state index in [1.54, 1.807) is 0 Å². The Hall–Kier alpha value is 2.23. The summed E-state index contributed by atoms with van der Waals surface area (Å²) in [7, 11) is 0. The standard InChI is InChI=1S/C6H10Cl2S2.C3H4Cl2O.C3H8S2.CH4/c1-6(5(7)8)9-3-2-4-10-6;1-2(6)3(4)5;4-2-1-3-5;/h5H,2-4H2,1H3;3H,1H3;4-5H,1-3H2;1H4. The van der Waals surface area contributed by atoms with Crippen LogP contribution >= 0.6 is 95.2 Å². The molecule has 0 N–H and O–H groups in total. The summed E-state index contributed by atoms with van der Waals surface area (Å²) in [5.74, 6) is 4.10. The van der Waals surface area contributed by atoms with Gasteiger partial charge >= 0.3 is 0 Å². The third kappa shape index (κ3) is 17.1. The van der Waals surface area contributed by atoms with Gasteiger partial charge in [-0.25, -0.2) is 0 Å². The summed E-state index contributed by atoms with van der Waals surface area (Å²) in [6.07, 6.45) is 2.40. The zero-order valence-corrected chi connectivity index (χ0v) is 18.5. The molecule has 0 aromatic carbocycles. The molecule has 136 valence electrons. The van der Waals surface area contributed by atoms with Gasteiger partial charge in [0, 0.05) is 0 Å². The lowest BCUT2D eigenvalue weighted by Crippen LogP contribution is -2.28. The van der Waals surface area contributed by atoms with Gasteiger partial charge in [-0.2, -0.15) is 25.3 Å². The van der Waals surface area contributed by atoms with Crippen molar-refractivity contribution in [1.29, 1.82) is 0 Å². The van der Waals surface area contributed by atoms with E-state index in [4.69, 9.17) is 46.4 Å². The predicted octanol–water partition coefficient (Wildman–Crippen LogP) is 6.63. The van der Waals surface area contributed by atoms with E-state index in [0.717, 1.165) is 17.9 Å². The molecule has 0 bridgehead atoms. The van der Waals surface area contributed by atoms with Gasteiger partial charge in [0.1, 0.15) is 4.84 Å². The first-order chi connectivity index (χ1) is 9.71.